The van der Waals surface area contributed by atoms with Gasteiger partial charge in [-0.15, -0.1) is 0 Å². The lowest BCUT2D eigenvalue weighted by atomic mass is 9.98. The molecule has 118 valence electrons. The monoisotopic (exact) mass is 307 g/mol. The molecule has 21 heavy (non-hydrogen) atoms. The largest absolute Gasteiger partial charge is 0.394 e. The van der Waals surface area contributed by atoms with Crippen LogP contribution in [0.25, 0.3) is 0 Å². The molecule has 2 unspecified atom stereocenters. The molecule has 0 heterocycles. The summed E-state index contributed by atoms with van der Waals surface area (Å²) in [6.45, 7) is 8.91. The van der Waals surface area contributed by atoms with Gasteiger partial charge >= 0.3 is 0 Å². The van der Waals surface area contributed by atoms with E-state index in [1.165, 1.54) is 23.1 Å². The SMILES string of the molecule is Cc1cc(C)cc(CSC2CCC(CO)(NC(C)C)C2)c1. The van der Waals surface area contributed by atoms with Crippen LogP contribution >= 0.6 is 11.8 Å². The minimum absolute atomic E-state index is 0.0473. The number of aliphatic hydroxyl groups excluding tert-OH is 1. The fraction of sp³-hybridized carbons (Fsp3) is 0.667. The predicted octanol–water partition coefficient (Wildman–Crippen LogP) is 3.82. The Labute approximate surface area is 133 Å². The molecule has 1 aliphatic rings. The lowest BCUT2D eigenvalue weighted by Crippen LogP contribution is -2.49. The third kappa shape index (κ3) is 4.73. The summed E-state index contributed by atoms with van der Waals surface area (Å²) in [6.07, 6.45) is 3.37. The van der Waals surface area contributed by atoms with E-state index in [9.17, 15) is 5.11 Å². The number of benzene rings is 1. The lowest BCUT2D eigenvalue weighted by Gasteiger charge is -2.31. The first-order chi connectivity index (χ1) is 9.92. The summed E-state index contributed by atoms with van der Waals surface area (Å²) in [5, 5.41) is 14.0. The molecule has 0 spiro atoms. The Balaban J connectivity index is 1.90. The predicted molar refractivity (Wildman–Crippen MR) is 92.9 cm³/mol. The van der Waals surface area contributed by atoms with Crippen molar-refractivity contribution in [1.82, 2.24) is 5.32 Å². The van der Waals surface area contributed by atoms with Crippen molar-refractivity contribution in [1.29, 1.82) is 0 Å². The van der Waals surface area contributed by atoms with Crippen LogP contribution in [0, 0.1) is 13.8 Å². The van der Waals surface area contributed by atoms with E-state index in [1.807, 2.05) is 11.8 Å². The molecule has 0 aliphatic heterocycles. The highest BCUT2D eigenvalue weighted by molar-refractivity contribution is 7.99. The van der Waals surface area contributed by atoms with E-state index in [4.69, 9.17) is 0 Å². The van der Waals surface area contributed by atoms with Crippen LogP contribution in [0.5, 0.6) is 0 Å². The van der Waals surface area contributed by atoms with Crippen molar-refractivity contribution in [3.05, 3.63) is 34.9 Å². The molecule has 0 radical (unpaired) electrons. The van der Waals surface area contributed by atoms with Gasteiger partial charge in [0, 0.05) is 22.6 Å². The Morgan fingerprint density at radius 3 is 2.52 bits per heavy atom. The molecule has 0 amide bonds. The zero-order valence-electron chi connectivity index (χ0n) is 13.8. The van der Waals surface area contributed by atoms with Crippen LogP contribution in [0.1, 0.15) is 49.8 Å². The van der Waals surface area contributed by atoms with Crippen LogP contribution < -0.4 is 5.32 Å². The fourth-order valence-corrected chi connectivity index (χ4v) is 4.83. The highest BCUT2D eigenvalue weighted by Crippen LogP contribution is 2.38. The van der Waals surface area contributed by atoms with Crippen LogP contribution in [0.15, 0.2) is 18.2 Å². The number of aryl methyl sites for hydroxylation is 2. The van der Waals surface area contributed by atoms with Crippen molar-refractivity contribution < 1.29 is 5.11 Å². The summed E-state index contributed by atoms with van der Waals surface area (Å²) in [6, 6.07) is 7.24. The second kappa shape index (κ2) is 7.17. The average Bonchev–Trinajstić information content (AvgIpc) is 2.78. The zero-order chi connectivity index (χ0) is 15.5. The number of nitrogens with one attached hydrogen (secondary N) is 1. The Bertz CT molecular complexity index is 454. The maximum absolute atomic E-state index is 9.77. The zero-order valence-corrected chi connectivity index (χ0v) is 14.6. The molecule has 1 aromatic rings. The van der Waals surface area contributed by atoms with Crippen LogP contribution in [0.4, 0.5) is 0 Å². The molecule has 0 aromatic heterocycles. The summed E-state index contributed by atoms with van der Waals surface area (Å²) >= 11 is 2.05. The first-order valence-corrected chi connectivity index (χ1v) is 9.05. The first-order valence-electron chi connectivity index (χ1n) is 8.00. The number of hydrogen-bond donors (Lipinski definition) is 2. The summed E-state index contributed by atoms with van der Waals surface area (Å²) in [5.41, 5.74) is 4.08. The van der Waals surface area contributed by atoms with E-state index in [0.29, 0.717) is 11.3 Å². The van der Waals surface area contributed by atoms with Gasteiger partial charge in [-0.3, -0.25) is 0 Å². The summed E-state index contributed by atoms with van der Waals surface area (Å²) < 4.78 is 0. The third-order valence-corrected chi connectivity index (χ3v) is 5.60. The van der Waals surface area contributed by atoms with Crippen molar-refractivity contribution in [3.63, 3.8) is 0 Å². The van der Waals surface area contributed by atoms with Gasteiger partial charge < -0.3 is 10.4 Å². The number of rotatable bonds is 6. The first kappa shape index (κ1) is 16.9. The van der Waals surface area contributed by atoms with Crippen molar-refractivity contribution in [3.8, 4) is 0 Å². The van der Waals surface area contributed by atoms with E-state index >= 15 is 0 Å². The Kier molecular flexibility index (Phi) is 5.75. The van der Waals surface area contributed by atoms with Gasteiger partial charge in [0.1, 0.15) is 0 Å². The minimum Gasteiger partial charge on any atom is -0.394 e. The molecule has 1 aromatic carbocycles. The summed E-state index contributed by atoms with van der Waals surface area (Å²) in [4.78, 5) is 0. The second-order valence-electron chi connectivity index (χ2n) is 6.91. The molecule has 1 aliphatic carbocycles. The number of hydrogen-bond acceptors (Lipinski definition) is 3. The minimum atomic E-state index is -0.0473. The van der Waals surface area contributed by atoms with Gasteiger partial charge in [-0.25, -0.2) is 0 Å². The van der Waals surface area contributed by atoms with Gasteiger partial charge in [0.25, 0.3) is 0 Å². The van der Waals surface area contributed by atoms with E-state index < -0.39 is 0 Å². The molecule has 2 atom stereocenters. The van der Waals surface area contributed by atoms with Gasteiger partial charge in [-0.05, 0) is 38.7 Å². The summed E-state index contributed by atoms with van der Waals surface area (Å²) in [7, 11) is 0. The van der Waals surface area contributed by atoms with Crippen molar-refractivity contribution in [2.45, 2.75) is 69.5 Å². The van der Waals surface area contributed by atoms with Gasteiger partial charge in [0.15, 0.2) is 0 Å². The second-order valence-corrected chi connectivity index (χ2v) is 8.20. The number of aliphatic hydroxyl groups is 1. The topological polar surface area (TPSA) is 32.3 Å². The standard InChI is InChI=1S/C18H29NOS/c1-13(2)19-18(12-20)6-5-17(10-18)21-11-16-8-14(3)7-15(4)9-16/h7-9,13,17,19-20H,5-6,10-12H2,1-4H3. The van der Waals surface area contributed by atoms with Crippen LogP contribution in [-0.4, -0.2) is 28.5 Å². The van der Waals surface area contributed by atoms with Crippen LogP contribution in [-0.2, 0) is 5.75 Å². The fourth-order valence-electron chi connectivity index (χ4n) is 3.52. The molecule has 3 heteroatoms. The smallest absolute Gasteiger partial charge is 0.0613 e. The number of thioether (sulfide) groups is 1. The molecule has 0 saturated heterocycles. The van der Waals surface area contributed by atoms with Crippen molar-refractivity contribution in [2.24, 2.45) is 0 Å². The van der Waals surface area contributed by atoms with Gasteiger partial charge in [0.05, 0.1) is 6.61 Å². The molecular weight excluding hydrogens is 278 g/mol. The molecule has 0 bridgehead atoms. The Morgan fingerprint density at radius 2 is 1.95 bits per heavy atom. The van der Waals surface area contributed by atoms with Crippen LogP contribution in [0.2, 0.25) is 0 Å². The Morgan fingerprint density at radius 1 is 1.29 bits per heavy atom. The molecule has 2 N–H and O–H groups in total. The Hall–Kier alpha value is -0.510. The molecule has 1 fully saturated rings. The molecule has 1 saturated carbocycles. The van der Waals surface area contributed by atoms with Gasteiger partial charge in [0.2, 0.25) is 0 Å². The molecular formula is C18H29NOS. The maximum Gasteiger partial charge on any atom is 0.0613 e. The average molecular weight is 308 g/mol. The quantitative estimate of drug-likeness (QED) is 0.838. The van der Waals surface area contributed by atoms with E-state index in [1.54, 1.807) is 0 Å². The van der Waals surface area contributed by atoms with E-state index in [-0.39, 0.29) is 12.1 Å². The van der Waals surface area contributed by atoms with Crippen molar-refractivity contribution >= 4 is 11.8 Å². The van der Waals surface area contributed by atoms with Gasteiger partial charge in [-0.2, -0.15) is 11.8 Å². The lowest BCUT2D eigenvalue weighted by molar-refractivity contribution is 0.156. The molecule has 2 nitrogen and oxygen atoms in total. The summed E-state index contributed by atoms with van der Waals surface area (Å²) in [5.74, 6) is 1.08. The maximum atomic E-state index is 9.77. The highest BCUT2D eigenvalue weighted by Gasteiger charge is 2.38. The normalized spacial score (nSPS) is 25.7. The third-order valence-electron chi connectivity index (χ3n) is 4.23. The molecule has 2 rings (SSSR count). The van der Waals surface area contributed by atoms with Crippen LogP contribution in [0.3, 0.4) is 0 Å². The van der Waals surface area contributed by atoms with Crippen molar-refractivity contribution in [2.75, 3.05) is 6.61 Å². The van der Waals surface area contributed by atoms with E-state index in [2.05, 4.69) is 51.2 Å². The van der Waals surface area contributed by atoms with E-state index in [0.717, 1.165) is 18.6 Å². The van der Waals surface area contributed by atoms with Gasteiger partial charge in [-0.1, -0.05) is 43.2 Å². The highest BCUT2D eigenvalue weighted by atomic mass is 32.2.